The molecule has 0 radical (unpaired) electrons. The van der Waals surface area contributed by atoms with Crippen molar-refractivity contribution in [1.82, 2.24) is 9.78 Å². The second-order valence-electron chi connectivity index (χ2n) is 3.67. The largest absolute Gasteiger partial charge is 0.480 e. The van der Waals surface area contributed by atoms with Crippen molar-refractivity contribution in [2.75, 3.05) is 0 Å². The first kappa shape index (κ1) is 14.2. The van der Waals surface area contributed by atoms with Crippen molar-refractivity contribution in [3.8, 4) is 0 Å². The number of hydrogen-bond donors (Lipinski definition) is 1. The van der Waals surface area contributed by atoms with E-state index < -0.39 is 22.0 Å². The average Bonchev–Trinajstić information content (AvgIpc) is 2.55. The molecule has 5 nitrogen and oxygen atoms in total. The monoisotopic (exact) mass is 278 g/mol. The van der Waals surface area contributed by atoms with Crippen molar-refractivity contribution in [1.29, 1.82) is 0 Å². The van der Waals surface area contributed by atoms with Crippen LogP contribution in [0.5, 0.6) is 0 Å². The van der Waals surface area contributed by atoms with E-state index >= 15 is 0 Å². The third-order valence-electron chi connectivity index (χ3n) is 2.47. The smallest absolute Gasteiger partial charge is 0.318 e. The second kappa shape index (κ2) is 5.64. The van der Waals surface area contributed by atoms with E-state index in [0.717, 1.165) is 0 Å². The Balaban J connectivity index is 2.95. The van der Waals surface area contributed by atoms with Crippen LogP contribution in [0.2, 0.25) is 5.02 Å². The molecular formula is C10H15ClN2O3S. The van der Waals surface area contributed by atoms with E-state index in [2.05, 4.69) is 5.10 Å². The van der Waals surface area contributed by atoms with Gasteiger partial charge in [0.25, 0.3) is 0 Å². The summed E-state index contributed by atoms with van der Waals surface area (Å²) in [5, 5.41) is 12.5. The topological polar surface area (TPSA) is 72.2 Å². The molecule has 2 atom stereocenters. The number of carboxylic acid groups (broad SMARTS) is 1. The van der Waals surface area contributed by atoms with Gasteiger partial charge in [-0.1, -0.05) is 11.6 Å². The highest BCUT2D eigenvalue weighted by atomic mass is 35.5. The van der Waals surface area contributed by atoms with E-state index in [0.29, 0.717) is 23.0 Å². The lowest BCUT2D eigenvalue weighted by molar-refractivity contribution is -0.136. The van der Waals surface area contributed by atoms with Crippen molar-refractivity contribution in [2.24, 2.45) is 0 Å². The van der Waals surface area contributed by atoms with E-state index in [1.54, 1.807) is 11.6 Å². The van der Waals surface area contributed by atoms with Crippen molar-refractivity contribution in [3.63, 3.8) is 0 Å². The van der Waals surface area contributed by atoms with Gasteiger partial charge >= 0.3 is 5.97 Å². The van der Waals surface area contributed by atoms with Crippen molar-refractivity contribution < 1.29 is 14.1 Å². The molecule has 1 aromatic rings. The van der Waals surface area contributed by atoms with Crippen LogP contribution in [-0.2, 0) is 27.9 Å². The van der Waals surface area contributed by atoms with Crippen molar-refractivity contribution >= 4 is 28.4 Å². The quantitative estimate of drug-likeness (QED) is 0.888. The zero-order chi connectivity index (χ0) is 13.2. The Morgan fingerprint density at radius 2 is 2.24 bits per heavy atom. The Bertz CT molecular complexity index is 459. The molecule has 0 aliphatic heterocycles. The number of hydrogen-bond acceptors (Lipinski definition) is 3. The average molecular weight is 279 g/mol. The molecule has 0 saturated carbocycles. The van der Waals surface area contributed by atoms with Gasteiger partial charge in [-0.3, -0.25) is 13.7 Å². The van der Waals surface area contributed by atoms with Crippen LogP contribution in [0.1, 0.15) is 25.2 Å². The van der Waals surface area contributed by atoms with Crippen molar-refractivity contribution in [3.05, 3.63) is 16.4 Å². The SMILES string of the molecule is CCn1nc(C)c(Cl)c1CS(=O)C(C)C(=O)O. The van der Waals surface area contributed by atoms with Gasteiger partial charge < -0.3 is 5.11 Å². The lowest BCUT2D eigenvalue weighted by Crippen LogP contribution is -2.23. The van der Waals surface area contributed by atoms with E-state index in [4.69, 9.17) is 16.7 Å². The fourth-order valence-corrected chi connectivity index (χ4v) is 2.70. The number of halogens is 1. The number of carboxylic acids is 1. The molecule has 0 spiro atoms. The van der Waals surface area contributed by atoms with E-state index in [9.17, 15) is 9.00 Å². The van der Waals surface area contributed by atoms with E-state index in [1.165, 1.54) is 6.92 Å². The van der Waals surface area contributed by atoms with Gasteiger partial charge in [-0.15, -0.1) is 0 Å². The molecule has 0 bridgehead atoms. The number of rotatable bonds is 5. The maximum atomic E-state index is 11.8. The fraction of sp³-hybridized carbons (Fsp3) is 0.600. The van der Waals surface area contributed by atoms with Gasteiger partial charge in [-0.05, 0) is 20.8 Å². The molecule has 1 heterocycles. The van der Waals surface area contributed by atoms with Crippen LogP contribution >= 0.6 is 11.6 Å². The van der Waals surface area contributed by atoms with Crippen LogP contribution in [0.15, 0.2) is 0 Å². The van der Waals surface area contributed by atoms with Crippen LogP contribution in [0.4, 0.5) is 0 Å². The van der Waals surface area contributed by atoms with Crippen molar-refractivity contribution in [2.45, 2.75) is 38.3 Å². The Hall–Kier alpha value is -0.880. The van der Waals surface area contributed by atoms with Gasteiger partial charge in [0.05, 0.1) is 22.2 Å². The van der Waals surface area contributed by atoms with Crippen LogP contribution < -0.4 is 0 Å². The summed E-state index contributed by atoms with van der Waals surface area (Å²) in [7, 11) is -1.50. The summed E-state index contributed by atoms with van der Waals surface area (Å²) < 4.78 is 13.5. The predicted molar refractivity (Wildman–Crippen MR) is 66.6 cm³/mol. The summed E-state index contributed by atoms with van der Waals surface area (Å²) in [4.78, 5) is 10.7. The van der Waals surface area contributed by atoms with Crippen LogP contribution in [0.3, 0.4) is 0 Å². The van der Waals surface area contributed by atoms with Crippen LogP contribution in [0, 0.1) is 6.92 Å². The van der Waals surface area contributed by atoms with Gasteiger partial charge in [0.15, 0.2) is 0 Å². The van der Waals surface area contributed by atoms with Gasteiger partial charge in [-0.2, -0.15) is 5.10 Å². The van der Waals surface area contributed by atoms with Gasteiger partial charge in [0, 0.05) is 17.3 Å². The van der Waals surface area contributed by atoms with E-state index in [1.807, 2.05) is 6.92 Å². The molecule has 2 unspecified atom stereocenters. The first-order chi connectivity index (χ1) is 7.88. The molecule has 0 aromatic carbocycles. The normalized spacial score (nSPS) is 14.6. The third kappa shape index (κ3) is 3.07. The highest BCUT2D eigenvalue weighted by molar-refractivity contribution is 7.85. The molecule has 0 aliphatic carbocycles. The Kier molecular flexibility index (Phi) is 4.70. The molecule has 0 saturated heterocycles. The molecule has 1 rings (SSSR count). The second-order valence-corrected chi connectivity index (χ2v) is 5.80. The Labute approximate surface area is 107 Å². The lowest BCUT2D eigenvalue weighted by Gasteiger charge is -2.08. The number of carbonyl (C=O) groups is 1. The van der Waals surface area contributed by atoms with Crippen LogP contribution in [-0.4, -0.2) is 30.3 Å². The zero-order valence-electron chi connectivity index (χ0n) is 9.94. The molecular weight excluding hydrogens is 264 g/mol. The maximum absolute atomic E-state index is 11.8. The number of aliphatic carboxylic acids is 1. The molecule has 0 fully saturated rings. The molecule has 17 heavy (non-hydrogen) atoms. The van der Waals surface area contributed by atoms with Gasteiger partial charge in [-0.25, -0.2) is 0 Å². The van der Waals surface area contributed by atoms with E-state index in [-0.39, 0.29) is 5.75 Å². The summed E-state index contributed by atoms with van der Waals surface area (Å²) in [6.45, 7) is 5.70. The summed E-state index contributed by atoms with van der Waals surface area (Å²) in [6.07, 6.45) is 0. The van der Waals surface area contributed by atoms with Gasteiger partial charge in [0.2, 0.25) is 0 Å². The lowest BCUT2D eigenvalue weighted by atomic mass is 10.4. The minimum atomic E-state index is -1.50. The number of aromatic nitrogens is 2. The fourth-order valence-electron chi connectivity index (χ4n) is 1.38. The highest BCUT2D eigenvalue weighted by Crippen LogP contribution is 2.22. The minimum Gasteiger partial charge on any atom is -0.480 e. The molecule has 1 N–H and O–H groups in total. The predicted octanol–water partition coefficient (Wildman–Crippen LogP) is 1.59. The standard InChI is InChI=1S/C10H15ClN2O3S/c1-4-13-8(9(11)6(2)12-13)5-17(16)7(3)10(14)15/h7H,4-5H2,1-3H3,(H,14,15). The molecule has 7 heteroatoms. The summed E-state index contributed by atoms with van der Waals surface area (Å²) in [5.74, 6) is -0.959. The highest BCUT2D eigenvalue weighted by Gasteiger charge is 2.22. The van der Waals surface area contributed by atoms with Crippen LogP contribution in [0.25, 0.3) is 0 Å². The summed E-state index contributed by atoms with van der Waals surface area (Å²) in [6, 6.07) is 0. The summed E-state index contributed by atoms with van der Waals surface area (Å²) in [5.41, 5.74) is 1.31. The first-order valence-corrected chi connectivity index (χ1v) is 6.96. The Morgan fingerprint density at radius 3 is 2.71 bits per heavy atom. The Morgan fingerprint density at radius 1 is 1.65 bits per heavy atom. The number of aryl methyl sites for hydroxylation is 2. The number of nitrogens with zero attached hydrogens (tertiary/aromatic N) is 2. The first-order valence-electron chi connectivity index (χ1n) is 5.20. The summed E-state index contributed by atoms with van der Waals surface area (Å²) >= 11 is 6.06. The third-order valence-corrected chi connectivity index (χ3v) is 4.51. The molecule has 96 valence electrons. The maximum Gasteiger partial charge on any atom is 0.318 e. The zero-order valence-corrected chi connectivity index (χ0v) is 11.5. The molecule has 0 aliphatic rings. The molecule has 0 amide bonds. The van der Waals surface area contributed by atoms with Gasteiger partial charge in [0.1, 0.15) is 5.25 Å². The minimum absolute atomic E-state index is 0.112. The molecule has 1 aromatic heterocycles.